The molecule has 0 aromatic rings. The molecule has 0 radical (unpaired) electrons. The molecule has 0 bridgehead atoms. The van der Waals surface area contributed by atoms with E-state index in [1.807, 2.05) is 16.8 Å². The maximum Gasteiger partial charge on any atom is 0.305 e. The molecule has 0 aliphatic carbocycles. The van der Waals surface area contributed by atoms with Crippen molar-refractivity contribution in [2.75, 3.05) is 126 Å². The fraction of sp³-hybridized carbons (Fsp3) is 0.854. The molecule has 0 aromatic heterocycles. The Hall–Kier alpha value is -3.22. The lowest BCUT2D eigenvalue weighted by molar-refractivity contribution is -0.145. The van der Waals surface area contributed by atoms with Crippen molar-refractivity contribution < 1.29 is 43.0 Å². The number of methoxy groups -OCH3 is 1. The maximum absolute atomic E-state index is 12.7. The lowest BCUT2D eigenvalue weighted by Gasteiger charge is -2.23. The predicted octanol–water partition coefficient (Wildman–Crippen LogP) is 0.934. The van der Waals surface area contributed by atoms with Crippen LogP contribution in [-0.2, 0) is 43.0 Å². The molecule has 0 heterocycles. The lowest BCUT2D eigenvalue weighted by Crippen LogP contribution is -2.40. The molecule has 0 saturated heterocycles. The molecule has 0 fully saturated rings. The number of ether oxygens (including phenoxy) is 3. The van der Waals surface area contributed by atoms with Gasteiger partial charge >= 0.3 is 5.97 Å². The first-order chi connectivity index (χ1) is 27.7. The van der Waals surface area contributed by atoms with E-state index in [-0.39, 0.29) is 67.7 Å². The summed E-state index contributed by atoms with van der Waals surface area (Å²) in [4.78, 5) is 80.4. The Morgan fingerprint density at radius 1 is 0.552 bits per heavy atom. The van der Waals surface area contributed by atoms with Crippen molar-refractivity contribution in [2.24, 2.45) is 17.6 Å². The number of carbonyl (C=O) groups excluding carboxylic acids is 6. The molecule has 6 N–H and O–H groups in total. The minimum atomic E-state index is -0.355. The molecule has 0 saturated carbocycles. The second-order valence-electron chi connectivity index (χ2n) is 15.5. The third-order valence-electron chi connectivity index (χ3n) is 9.14. The third-order valence-corrected chi connectivity index (χ3v) is 9.14. The van der Waals surface area contributed by atoms with Crippen LogP contribution in [-0.4, -0.2) is 176 Å². The molecular formula is C41H80N8O9. The number of hydrogen-bond acceptors (Lipinski definition) is 13. The first-order valence-corrected chi connectivity index (χ1v) is 21.4. The average molecular weight is 829 g/mol. The lowest BCUT2D eigenvalue weighted by atomic mass is 10.1. The predicted molar refractivity (Wildman–Crippen MR) is 226 cm³/mol. The largest absolute Gasteiger partial charge is 0.463 e. The van der Waals surface area contributed by atoms with E-state index in [1.165, 1.54) is 0 Å². The van der Waals surface area contributed by atoms with E-state index in [1.54, 1.807) is 7.11 Å². The summed E-state index contributed by atoms with van der Waals surface area (Å²) in [6, 6.07) is 0. The molecule has 0 aromatic carbocycles. The van der Waals surface area contributed by atoms with Crippen LogP contribution in [0.1, 0.15) is 91.9 Å². The number of nitrogens with two attached hydrogens (primary N) is 1. The smallest absolute Gasteiger partial charge is 0.305 e. The summed E-state index contributed by atoms with van der Waals surface area (Å²) >= 11 is 0. The highest BCUT2D eigenvalue weighted by molar-refractivity contribution is 5.79. The number of rotatable bonds is 39. The molecule has 4 amide bonds. The summed E-state index contributed by atoms with van der Waals surface area (Å²) in [5.74, 6) is 0.452. The van der Waals surface area contributed by atoms with Crippen molar-refractivity contribution in [1.82, 2.24) is 36.0 Å². The van der Waals surface area contributed by atoms with E-state index >= 15 is 0 Å². The molecule has 17 nitrogen and oxygen atoms in total. The fourth-order valence-corrected chi connectivity index (χ4v) is 5.46. The van der Waals surface area contributed by atoms with Crippen LogP contribution in [0.2, 0.25) is 0 Å². The second kappa shape index (κ2) is 36.8. The van der Waals surface area contributed by atoms with Crippen LogP contribution < -0.4 is 27.0 Å². The molecule has 58 heavy (non-hydrogen) atoms. The van der Waals surface area contributed by atoms with E-state index in [2.05, 4.69) is 53.9 Å². The van der Waals surface area contributed by atoms with Crippen LogP contribution in [0.5, 0.6) is 0 Å². The topological polar surface area (TPSA) is 214 Å². The van der Waals surface area contributed by atoms with E-state index in [0.29, 0.717) is 129 Å². The van der Waals surface area contributed by atoms with Gasteiger partial charge in [-0.05, 0) is 51.2 Å². The monoisotopic (exact) mass is 829 g/mol. The first kappa shape index (κ1) is 54.8. The van der Waals surface area contributed by atoms with Gasteiger partial charge in [-0.1, -0.05) is 27.7 Å². The van der Waals surface area contributed by atoms with Gasteiger partial charge < -0.3 is 55.9 Å². The molecule has 0 atom stereocenters. The summed E-state index contributed by atoms with van der Waals surface area (Å²) in [6.45, 7) is 16.7. The van der Waals surface area contributed by atoms with Gasteiger partial charge in [0.15, 0.2) is 0 Å². The van der Waals surface area contributed by atoms with E-state index in [0.717, 1.165) is 25.9 Å². The highest BCUT2D eigenvalue weighted by Crippen LogP contribution is 2.07. The number of amides is 4. The molecule has 0 aliphatic heterocycles. The molecule has 0 aliphatic rings. The van der Waals surface area contributed by atoms with Crippen LogP contribution in [0.3, 0.4) is 0 Å². The van der Waals surface area contributed by atoms with Crippen LogP contribution in [0.4, 0.5) is 0 Å². The molecule has 0 unspecified atom stereocenters. The Morgan fingerprint density at radius 2 is 1.10 bits per heavy atom. The van der Waals surface area contributed by atoms with E-state index in [9.17, 15) is 28.8 Å². The fourth-order valence-electron chi connectivity index (χ4n) is 5.46. The van der Waals surface area contributed by atoms with E-state index in [4.69, 9.17) is 19.9 Å². The zero-order chi connectivity index (χ0) is 43.4. The number of Topliss-reactive ketones (excluding diaryl/α,β-unsaturated/α-hetero) is 1. The average Bonchev–Trinajstić information content (AvgIpc) is 3.18. The Kier molecular flexibility index (Phi) is 34.8. The van der Waals surface area contributed by atoms with Crippen LogP contribution in [0.15, 0.2) is 0 Å². The Morgan fingerprint density at radius 3 is 1.71 bits per heavy atom. The highest BCUT2D eigenvalue weighted by Gasteiger charge is 2.14. The van der Waals surface area contributed by atoms with Crippen molar-refractivity contribution >= 4 is 35.4 Å². The molecule has 0 spiro atoms. The van der Waals surface area contributed by atoms with Crippen LogP contribution >= 0.6 is 0 Å². The van der Waals surface area contributed by atoms with Crippen molar-refractivity contribution in [3.05, 3.63) is 0 Å². The molecule has 17 heteroatoms. The zero-order valence-corrected chi connectivity index (χ0v) is 36.8. The molecule has 0 rings (SSSR count). The molecular weight excluding hydrogens is 748 g/mol. The molecule has 338 valence electrons. The zero-order valence-electron chi connectivity index (χ0n) is 36.8. The van der Waals surface area contributed by atoms with Crippen molar-refractivity contribution in [3.8, 4) is 0 Å². The van der Waals surface area contributed by atoms with Crippen molar-refractivity contribution in [2.45, 2.75) is 91.9 Å². The third kappa shape index (κ3) is 35.9. The Labute approximate surface area is 348 Å². The van der Waals surface area contributed by atoms with Gasteiger partial charge in [-0.2, -0.15) is 0 Å². The van der Waals surface area contributed by atoms with Gasteiger partial charge in [0.1, 0.15) is 12.4 Å². The summed E-state index contributed by atoms with van der Waals surface area (Å²) in [7, 11) is 3.48. The van der Waals surface area contributed by atoms with Crippen molar-refractivity contribution in [1.29, 1.82) is 0 Å². The second-order valence-corrected chi connectivity index (χ2v) is 15.5. The number of hydrogen-bond donors (Lipinski definition) is 5. The quantitative estimate of drug-likeness (QED) is 0.0432. The highest BCUT2D eigenvalue weighted by atomic mass is 16.6. The summed E-state index contributed by atoms with van der Waals surface area (Å²) < 4.78 is 15.2. The van der Waals surface area contributed by atoms with Crippen LogP contribution in [0, 0.1) is 11.8 Å². The van der Waals surface area contributed by atoms with Gasteiger partial charge in [-0.15, -0.1) is 0 Å². The Balaban J connectivity index is 4.52. The minimum absolute atomic E-state index is 0.0681. The number of esters is 1. The number of nitrogens with zero attached hydrogens (tertiary/aromatic N) is 3. The SMILES string of the molecule is COCCOCCOC(=O)CCCNC(=O)CCN(CCNC(=O)CCN(C)CCC(=O)CCCN(CCC(=O)NCC(C)C)CCC(C)C)CCC(=O)NCCN. The summed E-state index contributed by atoms with van der Waals surface area (Å²) in [6.07, 6.45) is 4.48. The van der Waals surface area contributed by atoms with Crippen molar-refractivity contribution in [3.63, 3.8) is 0 Å². The van der Waals surface area contributed by atoms with E-state index < -0.39 is 0 Å². The van der Waals surface area contributed by atoms with Gasteiger partial charge in [-0.3, -0.25) is 28.8 Å². The maximum atomic E-state index is 12.7. The van der Waals surface area contributed by atoms with Gasteiger partial charge in [0.25, 0.3) is 0 Å². The normalized spacial score (nSPS) is 11.4. The first-order valence-electron chi connectivity index (χ1n) is 21.4. The standard InChI is InChI=1S/C41H80N8O9/c1-34(2)11-24-48(25-16-40(54)46-33-35(3)4)21-8-9-36(50)12-22-47(5)23-13-37(51)45-20-28-49(27-15-39(53)44-19-17-42)26-14-38(52)43-18-7-10-41(55)58-32-31-57-30-29-56-6/h34-35H,7-33,42H2,1-6H3,(H,43,52)(H,44,53)(H,45,51)(H,46,54). The van der Waals surface area contributed by atoms with Gasteiger partial charge in [-0.25, -0.2) is 0 Å². The van der Waals surface area contributed by atoms with Gasteiger partial charge in [0.05, 0.1) is 19.8 Å². The Bertz CT molecular complexity index is 1130. The summed E-state index contributed by atoms with van der Waals surface area (Å²) in [5.41, 5.74) is 5.49. The minimum Gasteiger partial charge on any atom is -0.463 e. The van der Waals surface area contributed by atoms with Crippen LogP contribution in [0.25, 0.3) is 0 Å². The summed E-state index contributed by atoms with van der Waals surface area (Å²) in [5, 5.41) is 11.5. The number of ketones is 1. The van der Waals surface area contributed by atoms with Gasteiger partial charge in [0, 0.05) is 124 Å². The van der Waals surface area contributed by atoms with Gasteiger partial charge in [0.2, 0.25) is 23.6 Å². The number of carbonyl (C=O) groups is 6. The number of nitrogens with one attached hydrogen (secondary N) is 4.